The summed E-state index contributed by atoms with van der Waals surface area (Å²) in [7, 11) is 2.44. The second-order valence-electron chi connectivity index (χ2n) is 5.26. The van der Waals surface area contributed by atoms with E-state index >= 15 is 0 Å². The molecular formula is C18H16N4O5. The third kappa shape index (κ3) is 4.21. The molecule has 3 rings (SSSR count). The second-order valence-corrected chi connectivity index (χ2v) is 5.26. The molecule has 1 aromatic carbocycles. The van der Waals surface area contributed by atoms with Gasteiger partial charge in [-0.2, -0.15) is 5.10 Å². The molecule has 0 fully saturated rings. The van der Waals surface area contributed by atoms with Crippen LogP contribution in [0.25, 0.3) is 23.0 Å². The van der Waals surface area contributed by atoms with Crippen LogP contribution in [0.5, 0.6) is 0 Å². The maximum atomic E-state index is 11.8. The van der Waals surface area contributed by atoms with Crippen molar-refractivity contribution in [1.29, 1.82) is 0 Å². The van der Waals surface area contributed by atoms with Gasteiger partial charge in [-0.15, -0.1) is 0 Å². The number of hydrogen-bond acceptors (Lipinski definition) is 8. The molecule has 138 valence electrons. The van der Waals surface area contributed by atoms with Crippen LogP contribution in [0.3, 0.4) is 0 Å². The van der Waals surface area contributed by atoms with Crippen molar-refractivity contribution in [2.24, 2.45) is 0 Å². The molecule has 0 aliphatic heterocycles. The van der Waals surface area contributed by atoms with E-state index in [4.69, 9.17) is 4.42 Å². The molecule has 3 aromatic rings. The average molecular weight is 368 g/mol. The summed E-state index contributed by atoms with van der Waals surface area (Å²) in [5.41, 5.74) is 1.28. The predicted molar refractivity (Wildman–Crippen MR) is 95.3 cm³/mol. The maximum absolute atomic E-state index is 11.8. The molecule has 9 nitrogen and oxygen atoms in total. The highest BCUT2D eigenvalue weighted by Gasteiger charge is 2.14. The zero-order valence-corrected chi connectivity index (χ0v) is 14.6. The minimum atomic E-state index is -0.693. The minimum Gasteiger partial charge on any atom is -0.466 e. The number of benzene rings is 1. The van der Waals surface area contributed by atoms with Crippen molar-refractivity contribution >= 4 is 17.6 Å². The number of aromatic nitrogens is 3. The van der Waals surface area contributed by atoms with Crippen molar-refractivity contribution in [3.8, 4) is 23.0 Å². The summed E-state index contributed by atoms with van der Waals surface area (Å²) in [4.78, 5) is 27.6. The molecule has 0 saturated carbocycles. The molecule has 0 bridgehead atoms. The van der Waals surface area contributed by atoms with Crippen LogP contribution in [-0.2, 0) is 19.1 Å². The van der Waals surface area contributed by atoms with E-state index in [1.807, 2.05) is 0 Å². The van der Waals surface area contributed by atoms with Gasteiger partial charge >= 0.3 is 11.9 Å². The van der Waals surface area contributed by atoms with Crippen LogP contribution >= 0.6 is 0 Å². The predicted octanol–water partition coefficient (Wildman–Crippen LogP) is 2.37. The summed E-state index contributed by atoms with van der Waals surface area (Å²) >= 11 is 0. The molecule has 2 heterocycles. The lowest BCUT2D eigenvalue weighted by atomic mass is 10.2. The largest absolute Gasteiger partial charge is 0.466 e. The molecule has 0 radical (unpaired) electrons. The number of anilines is 1. The Morgan fingerprint density at radius 1 is 1.15 bits per heavy atom. The van der Waals surface area contributed by atoms with Crippen LogP contribution in [-0.4, -0.2) is 41.3 Å². The summed E-state index contributed by atoms with van der Waals surface area (Å²) in [5, 5.41) is 9.80. The first-order valence-corrected chi connectivity index (χ1v) is 7.82. The van der Waals surface area contributed by atoms with Crippen LogP contribution in [0.4, 0.5) is 5.69 Å². The average Bonchev–Trinajstić information content (AvgIpc) is 3.38. The van der Waals surface area contributed by atoms with E-state index in [2.05, 4.69) is 30.0 Å². The molecular weight excluding hydrogens is 352 g/mol. The van der Waals surface area contributed by atoms with Crippen molar-refractivity contribution in [2.75, 3.05) is 19.5 Å². The van der Waals surface area contributed by atoms with Gasteiger partial charge in [-0.05, 0) is 36.4 Å². The first-order valence-electron chi connectivity index (χ1n) is 7.82. The topological polar surface area (TPSA) is 119 Å². The number of hydrogen-bond donors (Lipinski definition) is 2. The number of rotatable bonds is 6. The summed E-state index contributed by atoms with van der Waals surface area (Å²) in [6.07, 6.45) is 2.57. The monoisotopic (exact) mass is 368 g/mol. The number of nitrogens with zero attached hydrogens (tertiary/aromatic N) is 2. The standard InChI is InChI=1S/C18H16N4O5/c1-25-15(23)10-13(18(24)26-2)19-12-7-5-11(6-8-12)16-20-17(22-21-16)14-4-3-9-27-14/h3-10,19H,1-2H3,(H,20,21,22)/b13-10+. The van der Waals surface area contributed by atoms with Gasteiger partial charge in [0.2, 0.25) is 0 Å². The third-order valence-electron chi connectivity index (χ3n) is 3.53. The Balaban J connectivity index is 1.77. The van der Waals surface area contributed by atoms with E-state index in [1.165, 1.54) is 14.2 Å². The van der Waals surface area contributed by atoms with E-state index < -0.39 is 11.9 Å². The van der Waals surface area contributed by atoms with Crippen LogP contribution in [0.1, 0.15) is 0 Å². The number of methoxy groups -OCH3 is 2. The van der Waals surface area contributed by atoms with Gasteiger partial charge in [0.15, 0.2) is 17.4 Å². The highest BCUT2D eigenvalue weighted by atomic mass is 16.5. The minimum absolute atomic E-state index is 0.0462. The van der Waals surface area contributed by atoms with E-state index in [1.54, 1.807) is 42.7 Å². The quantitative estimate of drug-likeness (QED) is 0.503. The molecule has 27 heavy (non-hydrogen) atoms. The summed E-state index contributed by atoms with van der Waals surface area (Å²) < 4.78 is 14.5. The van der Waals surface area contributed by atoms with Crippen molar-refractivity contribution in [2.45, 2.75) is 0 Å². The Hall–Kier alpha value is -3.88. The number of carbonyl (C=O) groups excluding carboxylic acids is 2. The number of aromatic amines is 1. The van der Waals surface area contributed by atoms with Crippen molar-refractivity contribution < 1.29 is 23.5 Å². The number of esters is 2. The van der Waals surface area contributed by atoms with Crippen molar-refractivity contribution in [3.63, 3.8) is 0 Å². The van der Waals surface area contributed by atoms with Crippen LogP contribution < -0.4 is 5.32 Å². The van der Waals surface area contributed by atoms with Gasteiger partial charge in [-0.3, -0.25) is 5.10 Å². The molecule has 0 unspecified atom stereocenters. The first-order chi connectivity index (χ1) is 13.1. The van der Waals surface area contributed by atoms with E-state index in [0.29, 0.717) is 23.1 Å². The molecule has 0 aliphatic carbocycles. The van der Waals surface area contributed by atoms with Gasteiger partial charge in [0.25, 0.3) is 0 Å². The Labute approximate surface area is 154 Å². The number of nitrogens with one attached hydrogen (secondary N) is 2. The van der Waals surface area contributed by atoms with E-state index in [9.17, 15) is 9.59 Å². The first kappa shape index (κ1) is 17.9. The zero-order valence-electron chi connectivity index (χ0n) is 14.6. The van der Waals surface area contributed by atoms with E-state index in [0.717, 1.165) is 11.6 Å². The summed E-state index contributed by atoms with van der Waals surface area (Å²) in [6, 6.07) is 10.5. The lowest BCUT2D eigenvalue weighted by molar-refractivity contribution is -0.138. The van der Waals surface area contributed by atoms with Gasteiger partial charge in [0.05, 0.1) is 26.6 Å². The van der Waals surface area contributed by atoms with Gasteiger partial charge in [-0.1, -0.05) is 0 Å². The van der Waals surface area contributed by atoms with Crippen LogP contribution in [0.15, 0.2) is 58.9 Å². The number of ether oxygens (including phenoxy) is 2. The molecule has 0 saturated heterocycles. The fourth-order valence-corrected chi connectivity index (χ4v) is 2.21. The molecule has 0 spiro atoms. The summed E-state index contributed by atoms with van der Waals surface area (Å²) in [5.74, 6) is 0.229. The second kappa shape index (κ2) is 8.00. The smallest absolute Gasteiger partial charge is 0.354 e. The molecule has 9 heteroatoms. The fraction of sp³-hybridized carbons (Fsp3) is 0.111. The lowest BCUT2D eigenvalue weighted by Gasteiger charge is -2.09. The molecule has 0 aliphatic rings. The Morgan fingerprint density at radius 3 is 2.56 bits per heavy atom. The highest BCUT2D eigenvalue weighted by Crippen LogP contribution is 2.22. The Morgan fingerprint density at radius 2 is 1.93 bits per heavy atom. The van der Waals surface area contributed by atoms with Gasteiger partial charge in [0, 0.05) is 11.3 Å². The van der Waals surface area contributed by atoms with Crippen LogP contribution in [0.2, 0.25) is 0 Å². The SMILES string of the molecule is COC(=O)/C=C(/Nc1ccc(-c2n[nH]c(-c3ccco3)n2)cc1)C(=O)OC. The zero-order chi connectivity index (χ0) is 19.2. The van der Waals surface area contributed by atoms with Gasteiger partial charge < -0.3 is 19.2 Å². The Bertz CT molecular complexity index is 958. The molecule has 2 aromatic heterocycles. The van der Waals surface area contributed by atoms with Crippen LogP contribution in [0, 0.1) is 0 Å². The van der Waals surface area contributed by atoms with Crippen molar-refractivity contribution in [1.82, 2.24) is 15.2 Å². The third-order valence-corrected chi connectivity index (χ3v) is 3.53. The van der Waals surface area contributed by atoms with E-state index in [-0.39, 0.29) is 5.70 Å². The maximum Gasteiger partial charge on any atom is 0.354 e. The molecule has 0 amide bonds. The van der Waals surface area contributed by atoms with Crippen molar-refractivity contribution in [3.05, 3.63) is 54.4 Å². The Kier molecular flexibility index (Phi) is 5.31. The summed E-state index contributed by atoms with van der Waals surface area (Å²) in [6.45, 7) is 0. The fourth-order valence-electron chi connectivity index (χ4n) is 2.21. The van der Waals surface area contributed by atoms with Gasteiger partial charge in [0.1, 0.15) is 5.70 Å². The lowest BCUT2D eigenvalue weighted by Crippen LogP contribution is -2.15. The number of carbonyl (C=O) groups is 2. The normalized spacial score (nSPS) is 11.1. The van der Waals surface area contributed by atoms with Gasteiger partial charge in [-0.25, -0.2) is 14.6 Å². The number of furan rings is 1. The number of H-pyrrole nitrogens is 1. The molecule has 0 atom stereocenters. The highest BCUT2D eigenvalue weighted by molar-refractivity contribution is 5.98. The molecule has 2 N–H and O–H groups in total.